The van der Waals surface area contributed by atoms with Crippen LogP contribution < -0.4 is 15.8 Å². The summed E-state index contributed by atoms with van der Waals surface area (Å²) < 4.78 is 26.3. The molecule has 118 valence electrons. The number of nitrogens with two attached hydrogens (primary N) is 1. The van der Waals surface area contributed by atoms with E-state index in [-0.39, 0.29) is 29.3 Å². The van der Waals surface area contributed by atoms with Gasteiger partial charge in [-0.15, -0.1) is 12.4 Å². The van der Waals surface area contributed by atoms with Gasteiger partial charge >= 0.3 is 0 Å². The van der Waals surface area contributed by atoms with Gasteiger partial charge in [0.2, 0.25) is 15.9 Å². The van der Waals surface area contributed by atoms with E-state index >= 15 is 0 Å². The number of hydrogen-bond acceptors (Lipinski definition) is 4. The van der Waals surface area contributed by atoms with Gasteiger partial charge in [-0.25, -0.2) is 13.1 Å². The van der Waals surface area contributed by atoms with E-state index in [1.165, 1.54) is 12.1 Å². The topological polar surface area (TPSA) is 101 Å². The number of benzene rings is 1. The lowest BCUT2D eigenvalue weighted by Gasteiger charge is -2.12. The van der Waals surface area contributed by atoms with Gasteiger partial charge in [0.25, 0.3) is 0 Å². The van der Waals surface area contributed by atoms with Gasteiger partial charge in [0.1, 0.15) is 0 Å². The summed E-state index contributed by atoms with van der Waals surface area (Å²) >= 11 is 0. The molecule has 6 nitrogen and oxygen atoms in total. The molecule has 2 rings (SSSR count). The molecule has 8 heteroatoms. The number of amides is 1. The quantitative estimate of drug-likeness (QED) is 0.754. The molecule has 0 saturated heterocycles. The largest absolute Gasteiger partial charge is 0.324 e. The standard InChI is InChI=1S/C13H19N3O3S.ClH/c1-9(2)16-20(18,19)11-5-3-10(4-6-11)15-12(17)13(14)7-8-13;/h3-6,9,16H,7-8,14H2,1-2H3,(H,15,17);1H. The molecule has 1 aromatic rings. The molecule has 0 aliphatic heterocycles. The maximum Gasteiger partial charge on any atom is 0.244 e. The van der Waals surface area contributed by atoms with Gasteiger partial charge in [-0.3, -0.25) is 4.79 Å². The fourth-order valence-electron chi connectivity index (χ4n) is 1.71. The molecule has 0 radical (unpaired) electrons. The third-order valence-electron chi connectivity index (χ3n) is 3.05. The van der Waals surface area contributed by atoms with Crippen LogP contribution in [0.3, 0.4) is 0 Å². The zero-order chi connectivity index (χ0) is 15.0. The highest BCUT2D eigenvalue weighted by Crippen LogP contribution is 2.33. The molecule has 1 aliphatic carbocycles. The molecule has 1 aliphatic rings. The van der Waals surface area contributed by atoms with E-state index in [1.54, 1.807) is 26.0 Å². The normalized spacial score (nSPS) is 16.2. The Morgan fingerprint density at radius 3 is 2.19 bits per heavy atom. The molecule has 0 unspecified atom stereocenters. The van der Waals surface area contributed by atoms with Gasteiger partial charge < -0.3 is 11.1 Å². The maximum atomic E-state index is 11.9. The highest BCUT2D eigenvalue weighted by Gasteiger charge is 2.45. The van der Waals surface area contributed by atoms with Crippen molar-refractivity contribution in [2.75, 3.05) is 5.32 Å². The van der Waals surface area contributed by atoms with E-state index in [0.29, 0.717) is 18.5 Å². The fourth-order valence-corrected chi connectivity index (χ4v) is 2.96. The minimum Gasteiger partial charge on any atom is -0.324 e. The first-order valence-corrected chi connectivity index (χ1v) is 7.94. The average Bonchev–Trinajstić information content (AvgIpc) is 3.08. The number of rotatable bonds is 5. The second-order valence-electron chi connectivity index (χ2n) is 5.41. The van der Waals surface area contributed by atoms with E-state index in [2.05, 4.69) is 10.0 Å². The highest BCUT2D eigenvalue weighted by atomic mass is 35.5. The zero-order valence-corrected chi connectivity index (χ0v) is 13.6. The van der Waals surface area contributed by atoms with E-state index in [9.17, 15) is 13.2 Å². The molecule has 0 spiro atoms. The van der Waals surface area contributed by atoms with Crippen LogP contribution in [0.2, 0.25) is 0 Å². The summed E-state index contributed by atoms with van der Waals surface area (Å²) in [7, 11) is -3.51. The molecule has 0 atom stereocenters. The first-order chi connectivity index (χ1) is 9.23. The second kappa shape index (κ2) is 6.31. The molecule has 0 aromatic heterocycles. The van der Waals surface area contributed by atoms with Crippen molar-refractivity contribution in [1.82, 2.24) is 4.72 Å². The number of carbonyl (C=O) groups excluding carboxylic acids is 1. The number of carbonyl (C=O) groups is 1. The minimum atomic E-state index is -3.51. The third-order valence-corrected chi connectivity index (χ3v) is 4.73. The van der Waals surface area contributed by atoms with Crippen molar-refractivity contribution in [2.45, 2.75) is 43.2 Å². The van der Waals surface area contributed by atoms with Crippen LogP contribution in [0.1, 0.15) is 26.7 Å². The Labute approximate surface area is 130 Å². The van der Waals surface area contributed by atoms with Crippen LogP contribution in [0.5, 0.6) is 0 Å². The van der Waals surface area contributed by atoms with Crippen molar-refractivity contribution in [3.05, 3.63) is 24.3 Å². The van der Waals surface area contributed by atoms with Crippen molar-refractivity contribution in [1.29, 1.82) is 0 Å². The lowest BCUT2D eigenvalue weighted by atomic mass is 10.2. The Hall–Kier alpha value is -1.15. The second-order valence-corrected chi connectivity index (χ2v) is 7.12. The van der Waals surface area contributed by atoms with Crippen LogP contribution in [0, 0.1) is 0 Å². The Kier molecular flexibility index (Phi) is 5.38. The smallest absolute Gasteiger partial charge is 0.244 e. The van der Waals surface area contributed by atoms with Crippen molar-refractivity contribution >= 4 is 34.0 Å². The lowest BCUT2D eigenvalue weighted by Crippen LogP contribution is -2.37. The summed E-state index contributed by atoms with van der Waals surface area (Å²) in [5.41, 5.74) is 5.57. The highest BCUT2D eigenvalue weighted by molar-refractivity contribution is 7.89. The van der Waals surface area contributed by atoms with Crippen LogP contribution >= 0.6 is 12.4 Å². The van der Waals surface area contributed by atoms with E-state index in [0.717, 1.165) is 0 Å². The molecular formula is C13H20ClN3O3S. The summed E-state index contributed by atoms with van der Waals surface area (Å²) in [4.78, 5) is 11.9. The van der Waals surface area contributed by atoms with Crippen LogP contribution in [0.15, 0.2) is 29.2 Å². The Morgan fingerprint density at radius 1 is 1.24 bits per heavy atom. The Morgan fingerprint density at radius 2 is 1.76 bits per heavy atom. The summed E-state index contributed by atoms with van der Waals surface area (Å²) in [5.74, 6) is -0.228. The molecule has 1 fully saturated rings. The monoisotopic (exact) mass is 333 g/mol. The molecule has 0 heterocycles. The molecule has 1 amide bonds. The summed E-state index contributed by atoms with van der Waals surface area (Å²) in [6.45, 7) is 3.50. The van der Waals surface area contributed by atoms with E-state index in [1.807, 2.05) is 0 Å². The number of hydrogen-bond donors (Lipinski definition) is 3. The summed E-state index contributed by atoms with van der Waals surface area (Å²) in [6, 6.07) is 5.84. The summed E-state index contributed by atoms with van der Waals surface area (Å²) in [6.07, 6.45) is 1.37. The van der Waals surface area contributed by atoms with Crippen molar-refractivity contribution in [3.8, 4) is 0 Å². The van der Waals surface area contributed by atoms with E-state index in [4.69, 9.17) is 5.73 Å². The van der Waals surface area contributed by atoms with Gasteiger partial charge in [-0.2, -0.15) is 0 Å². The van der Waals surface area contributed by atoms with Crippen molar-refractivity contribution in [3.63, 3.8) is 0 Å². The van der Waals surface area contributed by atoms with Gasteiger partial charge in [-0.1, -0.05) is 0 Å². The average molecular weight is 334 g/mol. The van der Waals surface area contributed by atoms with Gasteiger partial charge in [0, 0.05) is 11.7 Å². The summed E-state index contributed by atoms with van der Waals surface area (Å²) in [5, 5.41) is 2.68. The molecule has 1 aromatic carbocycles. The van der Waals surface area contributed by atoms with Crippen molar-refractivity contribution in [2.24, 2.45) is 5.73 Å². The van der Waals surface area contributed by atoms with Crippen LogP contribution in [-0.2, 0) is 14.8 Å². The maximum absolute atomic E-state index is 11.9. The zero-order valence-electron chi connectivity index (χ0n) is 11.9. The Balaban J connectivity index is 0.00000220. The predicted molar refractivity (Wildman–Crippen MR) is 83.9 cm³/mol. The molecular weight excluding hydrogens is 314 g/mol. The minimum absolute atomic E-state index is 0. The number of sulfonamides is 1. The first-order valence-electron chi connectivity index (χ1n) is 6.46. The molecule has 21 heavy (non-hydrogen) atoms. The number of halogens is 1. The van der Waals surface area contributed by atoms with Crippen molar-refractivity contribution < 1.29 is 13.2 Å². The first kappa shape index (κ1) is 17.9. The van der Waals surface area contributed by atoms with Crippen LogP contribution in [-0.4, -0.2) is 25.9 Å². The number of nitrogens with one attached hydrogen (secondary N) is 2. The van der Waals surface area contributed by atoms with Gasteiger partial charge in [0.05, 0.1) is 10.4 Å². The van der Waals surface area contributed by atoms with Gasteiger partial charge in [0.15, 0.2) is 0 Å². The Bertz CT molecular complexity index is 610. The number of anilines is 1. The predicted octanol–water partition coefficient (Wildman–Crippen LogP) is 1.22. The van der Waals surface area contributed by atoms with Crippen LogP contribution in [0.4, 0.5) is 5.69 Å². The van der Waals surface area contributed by atoms with Crippen LogP contribution in [0.25, 0.3) is 0 Å². The fraction of sp³-hybridized carbons (Fsp3) is 0.462. The molecule has 1 saturated carbocycles. The van der Waals surface area contributed by atoms with Gasteiger partial charge in [-0.05, 0) is 51.0 Å². The third kappa shape index (κ3) is 4.41. The SMILES string of the molecule is CC(C)NS(=O)(=O)c1ccc(NC(=O)C2(N)CC2)cc1.Cl. The van der Waals surface area contributed by atoms with E-state index < -0.39 is 15.6 Å². The lowest BCUT2D eigenvalue weighted by molar-refractivity contribution is -0.118. The molecule has 0 bridgehead atoms. The molecule has 4 N–H and O–H groups in total.